The molecule has 0 N–H and O–H groups in total. The summed E-state index contributed by atoms with van der Waals surface area (Å²) in [6, 6.07) is 65.3. The van der Waals surface area contributed by atoms with Crippen molar-refractivity contribution in [3.63, 3.8) is 0 Å². The largest absolute Gasteiger partial charge is 0.454 e. The maximum atomic E-state index is 6.99. The zero-order valence-corrected chi connectivity index (χ0v) is 30.1. The van der Waals surface area contributed by atoms with E-state index in [-0.39, 0.29) is 0 Å². The van der Waals surface area contributed by atoms with Crippen molar-refractivity contribution in [1.29, 1.82) is 0 Å². The molecule has 0 aliphatic heterocycles. The number of hydrogen-bond acceptors (Lipinski definition) is 5. The number of anilines is 6. The van der Waals surface area contributed by atoms with E-state index in [4.69, 9.17) is 4.42 Å². The van der Waals surface area contributed by atoms with Crippen molar-refractivity contribution in [2.45, 2.75) is 0 Å². The first-order valence-electron chi connectivity index (χ1n) is 17.8. The van der Waals surface area contributed by atoms with Crippen LogP contribution in [0.1, 0.15) is 0 Å². The van der Waals surface area contributed by atoms with Crippen LogP contribution in [-0.4, -0.2) is 0 Å². The first kappa shape index (κ1) is 30.2. The Kier molecular flexibility index (Phi) is 6.90. The summed E-state index contributed by atoms with van der Waals surface area (Å²) in [4.78, 5) is 4.66. The van der Waals surface area contributed by atoms with Gasteiger partial charge >= 0.3 is 0 Å². The van der Waals surface area contributed by atoms with Crippen molar-refractivity contribution in [3.05, 3.63) is 182 Å². The van der Waals surface area contributed by atoms with Crippen LogP contribution in [0.2, 0.25) is 0 Å². The first-order chi connectivity index (χ1) is 26.3. The average molecular weight is 715 g/mol. The highest BCUT2D eigenvalue weighted by Crippen LogP contribution is 2.47. The van der Waals surface area contributed by atoms with Gasteiger partial charge in [-0.2, -0.15) is 0 Å². The number of nitrogens with zero attached hydrogens (tertiary/aromatic N) is 2. The van der Waals surface area contributed by atoms with Crippen LogP contribution >= 0.6 is 22.7 Å². The van der Waals surface area contributed by atoms with Gasteiger partial charge in [0.15, 0.2) is 5.58 Å². The molecule has 11 aromatic rings. The number of benzene rings is 8. The highest BCUT2D eigenvalue weighted by Gasteiger charge is 2.22. The van der Waals surface area contributed by atoms with Crippen LogP contribution in [0.15, 0.2) is 186 Å². The van der Waals surface area contributed by atoms with Gasteiger partial charge in [0.05, 0.1) is 5.69 Å². The van der Waals surface area contributed by atoms with Gasteiger partial charge in [-0.25, -0.2) is 0 Å². The molecule has 3 aromatic heterocycles. The molecule has 0 radical (unpaired) electrons. The number of furan rings is 1. The van der Waals surface area contributed by atoms with Gasteiger partial charge in [-0.3, -0.25) is 0 Å². The molecule has 0 aliphatic carbocycles. The Morgan fingerprint density at radius 1 is 0.321 bits per heavy atom. The summed E-state index contributed by atoms with van der Waals surface area (Å²) in [7, 11) is 0. The summed E-state index contributed by atoms with van der Waals surface area (Å²) in [5, 5.41) is 7.26. The summed E-state index contributed by atoms with van der Waals surface area (Å²) >= 11 is 3.69. The zero-order valence-electron chi connectivity index (χ0n) is 28.4. The molecule has 53 heavy (non-hydrogen) atoms. The van der Waals surface area contributed by atoms with E-state index in [1.165, 1.54) is 40.3 Å². The predicted molar refractivity (Wildman–Crippen MR) is 229 cm³/mol. The Balaban J connectivity index is 1.14. The van der Waals surface area contributed by atoms with Gasteiger partial charge in [0, 0.05) is 85.6 Å². The van der Waals surface area contributed by atoms with Crippen LogP contribution in [0.5, 0.6) is 0 Å². The molecule has 11 rings (SSSR count). The van der Waals surface area contributed by atoms with E-state index in [1.807, 2.05) is 22.7 Å². The molecule has 0 aliphatic rings. The maximum Gasteiger partial charge on any atom is 0.159 e. The van der Waals surface area contributed by atoms with Crippen LogP contribution in [0.4, 0.5) is 34.1 Å². The van der Waals surface area contributed by atoms with E-state index in [0.717, 1.165) is 56.1 Å². The van der Waals surface area contributed by atoms with E-state index in [2.05, 4.69) is 192 Å². The molecule has 250 valence electrons. The fraction of sp³-hybridized carbons (Fsp3) is 0. The highest BCUT2D eigenvalue weighted by molar-refractivity contribution is 7.26. The lowest BCUT2D eigenvalue weighted by atomic mass is 10.1. The molecule has 5 heteroatoms. The predicted octanol–water partition coefficient (Wildman–Crippen LogP) is 15.3. The van der Waals surface area contributed by atoms with Crippen LogP contribution in [-0.2, 0) is 0 Å². The number of hydrogen-bond donors (Lipinski definition) is 0. The molecule has 0 atom stereocenters. The molecule has 0 spiro atoms. The second kappa shape index (κ2) is 12.1. The molecular formula is C48H30N2OS2. The third-order valence-corrected chi connectivity index (χ3v) is 12.5. The molecule has 0 saturated heterocycles. The normalized spacial score (nSPS) is 11.8. The summed E-state index contributed by atoms with van der Waals surface area (Å²) in [5.41, 5.74) is 8.11. The minimum atomic E-state index is 0.848. The topological polar surface area (TPSA) is 19.6 Å². The lowest BCUT2D eigenvalue weighted by molar-refractivity contribution is 0.669. The standard InChI is InChI=1S/C48H30N2OS2/c1-3-12-31(13-4-1)49(32-14-5-2-6-15-32)35-22-25-36-39-18-11-19-42(48(39)51-43(36)30-35)50(33-23-26-46-40(28-33)37-16-7-9-20-44(37)52-46)34-24-27-47-41(29-34)38-17-8-10-21-45(38)53-47/h1-30H. The van der Waals surface area contributed by atoms with Gasteiger partial charge in [-0.05, 0) is 91.0 Å². The van der Waals surface area contributed by atoms with Gasteiger partial charge < -0.3 is 14.2 Å². The zero-order chi connectivity index (χ0) is 34.9. The second-order valence-electron chi connectivity index (χ2n) is 13.3. The Morgan fingerprint density at radius 3 is 1.42 bits per heavy atom. The molecule has 0 amide bonds. The molecule has 3 heterocycles. The fourth-order valence-electron chi connectivity index (χ4n) is 7.82. The van der Waals surface area contributed by atoms with Crippen LogP contribution in [0.3, 0.4) is 0 Å². The Hall–Kier alpha value is -6.40. The van der Waals surface area contributed by atoms with E-state index in [0.29, 0.717) is 0 Å². The average Bonchev–Trinajstić information content (AvgIpc) is 3.90. The van der Waals surface area contributed by atoms with E-state index < -0.39 is 0 Å². The number of thiophene rings is 2. The summed E-state index contributed by atoms with van der Waals surface area (Å²) in [5.74, 6) is 0. The highest BCUT2D eigenvalue weighted by atomic mass is 32.1. The molecule has 8 aromatic carbocycles. The number of para-hydroxylation sites is 3. The molecule has 3 nitrogen and oxygen atoms in total. The van der Waals surface area contributed by atoms with Crippen molar-refractivity contribution >= 4 is 119 Å². The third-order valence-electron chi connectivity index (χ3n) is 10.2. The lowest BCUT2D eigenvalue weighted by Crippen LogP contribution is -2.10. The van der Waals surface area contributed by atoms with E-state index in [1.54, 1.807) is 0 Å². The van der Waals surface area contributed by atoms with Crippen molar-refractivity contribution in [3.8, 4) is 0 Å². The van der Waals surface area contributed by atoms with Crippen molar-refractivity contribution in [2.75, 3.05) is 9.80 Å². The maximum absolute atomic E-state index is 6.99. The molecule has 0 unspecified atom stereocenters. The van der Waals surface area contributed by atoms with Gasteiger partial charge in [0.2, 0.25) is 0 Å². The Bertz CT molecular complexity index is 2990. The second-order valence-corrected chi connectivity index (χ2v) is 15.5. The minimum absolute atomic E-state index is 0.848. The van der Waals surface area contributed by atoms with Gasteiger partial charge in [-0.1, -0.05) is 84.9 Å². The van der Waals surface area contributed by atoms with Gasteiger partial charge in [-0.15, -0.1) is 22.7 Å². The summed E-state index contributed by atoms with van der Waals surface area (Å²) < 4.78 is 12.2. The van der Waals surface area contributed by atoms with Crippen molar-refractivity contribution in [2.24, 2.45) is 0 Å². The first-order valence-corrected chi connectivity index (χ1v) is 19.4. The van der Waals surface area contributed by atoms with Crippen molar-refractivity contribution in [1.82, 2.24) is 0 Å². The van der Waals surface area contributed by atoms with Crippen molar-refractivity contribution < 1.29 is 4.42 Å². The van der Waals surface area contributed by atoms with E-state index in [9.17, 15) is 0 Å². The monoisotopic (exact) mass is 714 g/mol. The van der Waals surface area contributed by atoms with Gasteiger partial charge in [0.25, 0.3) is 0 Å². The SMILES string of the molecule is c1ccc(N(c2ccccc2)c2ccc3c(c2)oc2c(N(c4ccc5sc6ccccc6c5c4)c4ccc5sc6ccccc6c5c4)cccc23)cc1. The Labute approximate surface area is 313 Å². The molecule has 0 saturated carbocycles. The Morgan fingerprint density at radius 2 is 0.811 bits per heavy atom. The van der Waals surface area contributed by atoms with E-state index >= 15 is 0 Å². The summed E-state index contributed by atoms with van der Waals surface area (Å²) in [6.45, 7) is 0. The number of fused-ring (bicyclic) bond motifs is 9. The minimum Gasteiger partial charge on any atom is -0.454 e. The lowest BCUT2D eigenvalue weighted by Gasteiger charge is -2.26. The van der Waals surface area contributed by atoms with Crippen LogP contribution in [0.25, 0.3) is 62.3 Å². The fourth-order valence-corrected chi connectivity index (χ4v) is 9.99. The van der Waals surface area contributed by atoms with Crippen LogP contribution < -0.4 is 9.80 Å². The smallest absolute Gasteiger partial charge is 0.159 e. The summed E-state index contributed by atoms with van der Waals surface area (Å²) in [6.07, 6.45) is 0. The third kappa shape index (κ3) is 4.93. The van der Waals surface area contributed by atoms with Gasteiger partial charge in [0.1, 0.15) is 5.58 Å². The van der Waals surface area contributed by atoms with Crippen LogP contribution in [0, 0.1) is 0 Å². The molecule has 0 bridgehead atoms. The molecule has 0 fully saturated rings. The molecular weight excluding hydrogens is 685 g/mol. The quantitative estimate of drug-likeness (QED) is 0.171. The number of rotatable bonds is 6.